The molecule has 8 nitrogen and oxygen atoms in total. The number of hydrogen-bond acceptors (Lipinski definition) is 6. The molecule has 0 aliphatic rings. The first-order valence-electron chi connectivity index (χ1n) is 10.4. The molecule has 4 rings (SSSR count). The summed E-state index contributed by atoms with van der Waals surface area (Å²) in [6.07, 6.45) is 0. The Balaban J connectivity index is 1.56. The molecular formula is C23H25N5O3S. The summed E-state index contributed by atoms with van der Waals surface area (Å²) < 4.78 is 8.74. The molecule has 166 valence electrons. The van der Waals surface area contributed by atoms with Crippen LogP contribution in [0.25, 0.3) is 16.7 Å². The van der Waals surface area contributed by atoms with Gasteiger partial charge < -0.3 is 10.1 Å². The monoisotopic (exact) mass is 451 g/mol. The number of hydrogen-bond donors (Lipinski definition) is 1. The summed E-state index contributed by atoms with van der Waals surface area (Å²) in [7, 11) is 1.61. The van der Waals surface area contributed by atoms with E-state index in [-0.39, 0.29) is 23.1 Å². The quantitative estimate of drug-likeness (QED) is 0.414. The Morgan fingerprint density at radius 2 is 1.97 bits per heavy atom. The second-order valence-electron chi connectivity index (χ2n) is 7.86. The van der Waals surface area contributed by atoms with Crippen molar-refractivity contribution in [3.05, 3.63) is 64.4 Å². The van der Waals surface area contributed by atoms with Gasteiger partial charge in [-0.2, -0.15) is 0 Å². The topological polar surface area (TPSA) is 90.5 Å². The highest BCUT2D eigenvalue weighted by Gasteiger charge is 2.18. The normalized spacial score (nSPS) is 11.4. The lowest BCUT2D eigenvalue weighted by Crippen LogP contribution is -2.26. The molecule has 0 aliphatic carbocycles. The molecule has 0 atom stereocenters. The molecule has 0 saturated carbocycles. The third kappa shape index (κ3) is 4.47. The zero-order valence-corrected chi connectivity index (χ0v) is 19.1. The summed E-state index contributed by atoms with van der Waals surface area (Å²) >= 11 is 1.29. The number of benzene rings is 2. The van der Waals surface area contributed by atoms with Crippen LogP contribution in [-0.4, -0.2) is 37.9 Å². The third-order valence-corrected chi connectivity index (χ3v) is 5.91. The van der Waals surface area contributed by atoms with Crippen molar-refractivity contribution < 1.29 is 9.53 Å². The van der Waals surface area contributed by atoms with Gasteiger partial charge in [-0.3, -0.25) is 18.6 Å². The number of carbonyl (C=O) groups is 1. The van der Waals surface area contributed by atoms with Crippen LogP contribution in [0.4, 0.5) is 0 Å². The van der Waals surface area contributed by atoms with Gasteiger partial charge in [0.15, 0.2) is 5.16 Å². The number of rotatable bonds is 8. The molecule has 0 aliphatic heterocycles. The highest BCUT2D eigenvalue weighted by Crippen LogP contribution is 2.22. The van der Waals surface area contributed by atoms with Crippen LogP contribution < -0.4 is 15.6 Å². The third-order valence-electron chi connectivity index (χ3n) is 4.98. The first-order valence-corrected chi connectivity index (χ1v) is 11.4. The second kappa shape index (κ2) is 9.44. The molecule has 9 heteroatoms. The van der Waals surface area contributed by atoms with Gasteiger partial charge in [0.25, 0.3) is 5.56 Å². The van der Waals surface area contributed by atoms with E-state index in [0.29, 0.717) is 29.4 Å². The van der Waals surface area contributed by atoms with E-state index >= 15 is 0 Å². The summed E-state index contributed by atoms with van der Waals surface area (Å²) in [5.74, 6) is 1.58. The molecule has 1 N–H and O–H groups in total. The number of ether oxygens (including phenoxy) is 1. The van der Waals surface area contributed by atoms with E-state index in [4.69, 9.17) is 4.74 Å². The van der Waals surface area contributed by atoms with E-state index in [1.165, 1.54) is 11.8 Å². The Kier molecular flexibility index (Phi) is 6.45. The molecule has 2 heterocycles. The Morgan fingerprint density at radius 3 is 2.75 bits per heavy atom. The summed E-state index contributed by atoms with van der Waals surface area (Å²) in [4.78, 5) is 25.5. The molecule has 0 saturated heterocycles. The van der Waals surface area contributed by atoms with Crippen molar-refractivity contribution in [1.82, 2.24) is 24.5 Å². The van der Waals surface area contributed by atoms with Crippen molar-refractivity contribution in [2.24, 2.45) is 5.92 Å². The fraction of sp³-hybridized carbons (Fsp3) is 0.304. The van der Waals surface area contributed by atoms with Gasteiger partial charge in [0, 0.05) is 13.1 Å². The number of amides is 1. The highest BCUT2D eigenvalue weighted by atomic mass is 32.2. The summed E-state index contributed by atoms with van der Waals surface area (Å²) in [6.45, 7) is 5.05. The van der Waals surface area contributed by atoms with Crippen molar-refractivity contribution in [3.8, 4) is 5.75 Å². The summed E-state index contributed by atoms with van der Waals surface area (Å²) in [5, 5.41) is 12.7. The predicted molar refractivity (Wildman–Crippen MR) is 125 cm³/mol. The lowest BCUT2D eigenvalue weighted by Gasteiger charge is -2.12. The smallest absolute Gasteiger partial charge is 0.262 e. The Hall–Kier alpha value is -3.33. The Bertz CT molecular complexity index is 1330. The van der Waals surface area contributed by atoms with E-state index in [1.54, 1.807) is 11.7 Å². The van der Waals surface area contributed by atoms with Crippen molar-refractivity contribution in [1.29, 1.82) is 0 Å². The predicted octanol–water partition coefficient (Wildman–Crippen LogP) is 3.12. The Morgan fingerprint density at radius 1 is 1.16 bits per heavy atom. The molecule has 0 spiro atoms. The molecule has 1 amide bonds. The lowest BCUT2D eigenvalue weighted by molar-refractivity contribution is -0.118. The number of para-hydroxylation sites is 1. The van der Waals surface area contributed by atoms with Gasteiger partial charge in [0.1, 0.15) is 5.75 Å². The van der Waals surface area contributed by atoms with Gasteiger partial charge in [-0.25, -0.2) is 0 Å². The van der Waals surface area contributed by atoms with Crippen LogP contribution in [0.5, 0.6) is 5.75 Å². The van der Waals surface area contributed by atoms with Crippen LogP contribution in [0.3, 0.4) is 0 Å². The molecule has 2 aromatic heterocycles. The summed E-state index contributed by atoms with van der Waals surface area (Å²) in [5.41, 5.74) is 1.61. The van der Waals surface area contributed by atoms with E-state index < -0.39 is 0 Å². The lowest BCUT2D eigenvalue weighted by atomic mass is 10.2. The average molecular weight is 452 g/mol. The SMILES string of the molecule is COc1cccc(CNC(=O)CSc2nnc3n(CC(C)C)c(=O)c4ccccc4n23)c1. The highest BCUT2D eigenvalue weighted by molar-refractivity contribution is 7.99. The van der Waals surface area contributed by atoms with Crippen molar-refractivity contribution in [2.45, 2.75) is 32.1 Å². The number of aromatic nitrogens is 4. The summed E-state index contributed by atoms with van der Waals surface area (Å²) in [6, 6.07) is 15.0. The molecular weight excluding hydrogens is 426 g/mol. The van der Waals surface area contributed by atoms with E-state index in [0.717, 1.165) is 16.8 Å². The number of fused-ring (bicyclic) bond motifs is 3. The standard InChI is InChI=1S/C23H25N5O3S/c1-15(2)13-27-21(30)18-9-4-5-10-19(18)28-22(27)25-26-23(28)32-14-20(29)24-12-16-7-6-8-17(11-16)31-3/h4-11,15H,12-14H2,1-3H3,(H,24,29). The van der Waals surface area contributed by atoms with Gasteiger partial charge in [0.05, 0.1) is 23.8 Å². The van der Waals surface area contributed by atoms with Crippen molar-refractivity contribution in [3.63, 3.8) is 0 Å². The zero-order chi connectivity index (χ0) is 22.7. The average Bonchev–Trinajstić information content (AvgIpc) is 3.23. The maximum Gasteiger partial charge on any atom is 0.262 e. The maximum atomic E-state index is 13.0. The van der Waals surface area contributed by atoms with Gasteiger partial charge in [-0.15, -0.1) is 10.2 Å². The fourth-order valence-corrected chi connectivity index (χ4v) is 4.29. The second-order valence-corrected chi connectivity index (χ2v) is 8.80. The van der Waals surface area contributed by atoms with Gasteiger partial charge in [-0.05, 0) is 35.7 Å². The van der Waals surface area contributed by atoms with Crippen LogP contribution in [0.1, 0.15) is 19.4 Å². The zero-order valence-electron chi connectivity index (χ0n) is 18.2. The van der Waals surface area contributed by atoms with Gasteiger partial charge in [-0.1, -0.05) is 49.9 Å². The number of thioether (sulfide) groups is 1. The molecule has 32 heavy (non-hydrogen) atoms. The molecule has 0 fully saturated rings. The van der Waals surface area contributed by atoms with Crippen molar-refractivity contribution in [2.75, 3.05) is 12.9 Å². The van der Waals surface area contributed by atoms with Crippen LogP contribution in [0.15, 0.2) is 58.5 Å². The molecule has 0 bridgehead atoms. The van der Waals surface area contributed by atoms with Crippen LogP contribution in [-0.2, 0) is 17.9 Å². The minimum atomic E-state index is -0.116. The Labute approximate surface area is 189 Å². The number of carbonyl (C=O) groups excluding carboxylic acids is 1. The van der Waals surface area contributed by atoms with Crippen LogP contribution in [0, 0.1) is 5.92 Å². The van der Waals surface area contributed by atoms with E-state index in [1.807, 2.05) is 52.9 Å². The number of nitrogens with zero attached hydrogens (tertiary/aromatic N) is 4. The van der Waals surface area contributed by atoms with Gasteiger partial charge in [0.2, 0.25) is 11.7 Å². The fourth-order valence-electron chi connectivity index (χ4n) is 3.52. The largest absolute Gasteiger partial charge is 0.497 e. The minimum Gasteiger partial charge on any atom is -0.497 e. The first kappa shape index (κ1) is 21.9. The molecule has 0 unspecified atom stereocenters. The van der Waals surface area contributed by atoms with Gasteiger partial charge >= 0.3 is 0 Å². The van der Waals surface area contributed by atoms with E-state index in [9.17, 15) is 9.59 Å². The first-order chi connectivity index (χ1) is 15.5. The van der Waals surface area contributed by atoms with Crippen LogP contribution in [0.2, 0.25) is 0 Å². The molecule has 0 radical (unpaired) electrons. The molecule has 2 aromatic carbocycles. The van der Waals surface area contributed by atoms with E-state index in [2.05, 4.69) is 29.4 Å². The number of nitrogens with one attached hydrogen (secondary N) is 1. The maximum absolute atomic E-state index is 13.0. The molecule has 4 aromatic rings. The van der Waals surface area contributed by atoms with Crippen molar-refractivity contribution >= 4 is 34.3 Å². The minimum absolute atomic E-state index is 0.0817. The number of methoxy groups -OCH3 is 1. The van der Waals surface area contributed by atoms with Crippen LogP contribution >= 0.6 is 11.8 Å².